The fourth-order valence-corrected chi connectivity index (χ4v) is 3.77. The Morgan fingerprint density at radius 3 is 2.19 bits per heavy atom. The van der Waals surface area contributed by atoms with E-state index in [1.165, 1.54) is 0 Å². The monoisotopic (exact) mass is 445 g/mol. The summed E-state index contributed by atoms with van der Waals surface area (Å²) in [5, 5.41) is 14.8. The zero-order valence-electron chi connectivity index (χ0n) is 16.5. The Bertz CT molecular complexity index is 1110. The molecule has 1 atom stereocenters. The number of rotatable bonds is 6. The van der Waals surface area contributed by atoms with Crippen molar-refractivity contribution in [3.8, 4) is 11.1 Å². The van der Waals surface area contributed by atoms with Gasteiger partial charge in [0.2, 0.25) is 0 Å². The minimum atomic E-state index is -4.65. The van der Waals surface area contributed by atoms with E-state index in [0.29, 0.717) is 0 Å². The van der Waals surface area contributed by atoms with Crippen molar-refractivity contribution in [2.45, 2.75) is 24.7 Å². The fraction of sp³-hybridized carbons (Fsp3) is 0.227. The van der Waals surface area contributed by atoms with Crippen molar-refractivity contribution in [3.05, 3.63) is 77.6 Å². The molecule has 0 saturated carbocycles. The molecule has 0 fully saturated rings. The van der Waals surface area contributed by atoms with E-state index in [9.17, 15) is 27.9 Å². The quantitative estimate of drug-likeness (QED) is 0.601. The number of carboxylic acids is 1. The van der Waals surface area contributed by atoms with Gasteiger partial charge < -0.3 is 15.2 Å². The molecule has 0 aliphatic heterocycles. The fourth-order valence-electron chi connectivity index (χ4n) is 3.77. The zero-order valence-corrected chi connectivity index (χ0v) is 16.5. The van der Waals surface area contributed by atoms with E-state index in [1.54, 1.807) is 0 Å². The standard InChI is InChI=1S/C22H18F3N3O4/c23-22(24,25)19-9-10-28(27-19)11-18(20(29)30)26-21(31)32-12-17-15-7-3-1-5-13(15)14-6-2-4-8-16(14)17/h1-10,17-18H,11-12H2,(H,26,31)(H,29,30). The number of carbonyl (C=O) groups excluding carboxylic acids is 1. The van der Waals surface area contributed by atoms with Crippen molar-refractivity contribution in [2.75, 3.05) is 6.61 Å². The molecular weight excluding hydrogens is 427 g/mol. The number of aliphatic carboxylic acids is 1. The van der Waals surface area contributed by atoms with Crippen LogP contribution in [0.5, 0.6) is 0 Å². The van der Waals surface area contributed by atoms with Crippen molar-refractivity contribution in [2.24, 2.45) is 0 Å². The van der Waals surface area contributed by atoms with E-state index < -0.39 is 36.5 Å². The van der Waals surface area contributed by atoms with Gasteiger partial charge in [-0.1, -0.05) is 48.5 Å². The maximum Gasteiger partial charge on any atom is 0.435 e. The van der Waals surface area contributed by atoms with Crippen LogP contribution in [0.25, 0.3) is 11.1 Å². The van der Waals surface area contributed by atoms with Crippen molar-refractivity contribution in [1.82, 2.24) is 15.1 Å². The molecule has 2 aromatic carbocycles. The summed E-state index contributed by atoms with van der Waals surface area (Å²) in [6.07, 6.45) is -4.63. The van der Waals surface area contributed by atoms with Crippen LogP contribution in [0.2, 0.25) is 0 Å². The molecule has 32 heavy (non-hydrogen) atoms. The van der Waals surface area contributed by atoms with Gasteiger partial charge in [0, 0.05) is 12.1 Å². The van der Waals surface area contributed by atoms with Crippen molar-refractivity contribution < 1.29 is 32.6 Å². The van der Waals surface area contributed by atoms with E-state index in [0.717, 1.165) is 39.2 Å². The summed E-state index contributed by atoms with van der Waals surface area (Å²) < 4.78 is 44.2. The van der Waals surface area contributed by atoms with Gasteiger partial charge in [-0.25, -0.2) is 9.59 Å². The average molecular weight is 445 g/mol. The van der Waals surface area contributed by atoms with E-state index in [2.05, 4.69) is 10.4 Å². The first kappa shape index (κ1) is 21.4. The van der Waals surface area contributed by atoms with Gasteiger partial charge in [-0.2, -0.15) is 18.3 Å². The summed E-state index contributed by atoms with van der Waals surface area (Å²) in [6.45, 7) is -0.512. The predicted octanol–water partition coefficient (Wildman–Crippen LogP) is 3.89. The Hall–Kier alpha value is -3.82. The van der Waals surface area contributed by atoms with Crippen LogP contribution in [0.15, 0.2) is 60.8 Å². The van der Waals surface area contributed by atoms with Crippen LogP contribution in [0.1, 0.15) is 22.7 Å². The van der Waals surface area contributed by atoms with Crippen molar-refractivity contribution in [1.29, 1.82) is 0 Å². The number of nitrogens with one attached hydrogen (secondary N) is 1. The number of aromatic nitrogens is 2. The molecule has 7 nitrogen and oxygen atoms in total. The third kappa shape index (κ3) is 4.29. The molecular formula is C22H18F3N3O4. The van der Waals surface area contributed by atoms with Crippen LogP contribution >= 0.6 is 0 Å². The summed E-state index contributed by atoms with van der Waals surface area (Å²) >= 11 is 0. The number of fused-ring (bicyclic) bond motifs is 3. The molecule has 1 aromatic heterocycles. The van der Waals surface area contributed by atoms with Gasteiger partial charge in [0.25, 0.3) is 0 Å². The highest BCUT2D eigenvalue weighted by molar-refractivity contribution is 5.81. The Morgan fingerprint density at radius 1 is 1.06 bits per heavy atom. The van der Waals surface area contributed by atoms with Crippen molar-refractivity contribution in [3.63, 3.8) is 0 Å². The number of hydrogen-bond acceptors (Lipinski definition) is 4. The number of amides is 1. The summed E-state index contributed by atoms with van der Waals surface area (Å²) in [7, 11) is 0. The Kier molecular flexibility index (Phi) is 5.60. The van der Waals surface area contributed by atoms with Gasteiger partial charge >= 0.3 is 18.2 Å². The molecule has 1 aliphatic rings. The van der Waals surface area contributed by atoms with Gasteiger partial charge in [0.15, 0.2) is 5.69 Å². The Balaban J connectivity index is 1.41. The lowest BCUT2D eigenvalue weighted by atomic mass is 9.98. The number of alkyl halides is 3. The number of alkyl carbamates (subject to hydrolysis) is 1. The number of ether oxygens (including phenoxy) is 1. The van der Waals surface area contributed by atoms with Gasteiger partial charge in [0.1, 0.15) is 12.6 Å². The average Bonchev–Trinajstić information content (AvgIpc) is 3.35. The highest BCUT2D eigenvalue weighted by Crippen LogP contribution is 2.44. The van der Waals surface area contributed by atoms with Crippen LogP contribution in [-0.4, -0.2) is 39.6 Å². The van der Waals surface area contributed by atoms with Crippen LogP contribution in [0, 0.1) is 0 Å². The second-order valence-corrected chi connectivity index (χ2v) is 7.28. The van der Waals surface area contributed by atoms with Crippen molar-refractivity contribution >= 4 is 12.1 Å². The highest BCUT2D eigenvalue weighted by Gasteiger charge is 2.34. The Morgan fingerprint density at radius 2 is 1.66 bits per heavy atom. The molecule has 1 amide bonds. The Labute approximate surface area is 180 Å². The predicted molar refractivity (Wildman–Crippen MR) is 107 cm³/mol. The lowest BCUT2D eigenvalue weighted by Gasteiger charge is -2.17. The summed E-state index contributed by atoms with van der Waals surface area (Å²) in [5.41, 5.74) is 2.92. The number of carboxylic acid groups (broad SMARTS) is 1. The smallest absolute Gasteiger partial charge is 0.435 e. The van der Waals surface area contributed by atoms with Crippen LogP contribution < -0.4 is 5.32 Å². The topological polar surface area (TPSA) is 93.5 Å². The van der Waals surface area contributed by atoms with E-state index in [-0.39, 0.29) is 12.5 Å². The highest BCUT2D eigenvalue weighted by atomic mass is 19.4. The number of carbonyl (C=O) groups is 2. The maximum absolute atomic E-state index is 12.7. The first-order chi connectivity index (χ1) is 15.2. The minimum Gasteiger partial charge on any atom is -0.480 e. The molecule has 1 aliphatic carbocycles. The molecule has 1 heterocycles. The summed E-state index contributed by atoms with van der Waals surface area (Å²) in [4.78, 5) is 23.8. The molecule has 2 N–H and O–H groups in total. The second kappa shape index (κ2) is 8.37. The zero-order chi connectivity index (χ0) is 22.9. The molecule has 166 valence electrons. The van der Waals surface area contributed by atoms with Gasteiger partial charge in [-0.3, -0.25) is 4.68 Å². The van der Waals surface area contributed by atoms with E-state index in [1.807, 2.05) is 48.5 Å². The van der Waals surface area contributed by atoms with Gasteiger partial charge in [-0.15, -0.1) is 0 Å². The molecule has 0 radical (unpaired) electrons. The summed E-state index contributed by atoms with van der Waals surface area (Å²) in [5.74, 6) is -1.64. The molecule has 0 saturated heterocycles. The number of hydrogen-bond donors (Lipinski definition) is 2. The number of halogens is 3. The van der Waals surface area contributed by atoms with Gasteiger partial charge in [0.05, 0.1) is 6.54 Å². The van der Waals surface area contributed by atoms with E-state index in [4.69, 9.17) is 4.74 Å². The SMILES string of the molecule is O=C(NC(Cn1ccc(C(F)(F)F)n1)C(=O)O)OCC1c2ccccc2-c2ccccc21. The van der Waals surface area contributed by atoms with Gasteiger partial charge in [-0.05, 0) is 28.3 Å². The lowest BCUT2D eigenvalue weighted by molar-refractivity contribution is -0.141. The van der Waals surface area contributed by atoms with E-state index >= 15 is 0 Å². The third-order valence-electron chi connectivity index (χ3n) is 5.23. The third-order valence-corrected chi connectivity index (χ3v) is 5.23. The number of nitrogens with zero attached hydrogens (tertiary/aromatic N) is 2. The molecule has 4 rings (SSSR count). The maximum atomic E-state index is 12.7. The first-order valence-electron chi connectivity index (χ1n) is 9.69. The largest absolute Gasteiger partial charge is 0.480 e. The molecule has 10 heteroatoms. The second-order valence-electron chi connectivity index (χ2n) is 7.28. The van der Waals surface area contributed by atoms with Crippen LogP contribution in [0.3, 0.4) is 0 Å². The normalized spacial score (nSPS) is 13.8. The molecule has 1 unspecified atom stereocenters. The van der Waals surface area contributed by atoms with Crippen LogP contribution in [0.4, 0.5) is 18.0 Å². The summed E-state index contributed by atoms with van der Waals surface area (Å²) in [6, 6.07) is 14.7. The lowest BCUT2D eigenvalue weighted by Crippen LogP contribution is -2.44. The van der Waals surface area contributed by atoms with Crippen LogP contribution in [-0.2, 0) is 22.3 Å². The minimum absolute atomic E-state index is 0.0216. The molecule has 3 aromatic rings. The molecule has 0 spiro atoms. The first-order valence-corrected chi connectivity index (χ1v) is 9.69. The number of benzene rings is 2. The molecule has 0 bridgehead atoms.